The zero-order valence-corrected chi connectivity index (χ0v) is 17.7. The van der Waals surface area contributed by atoms with Gasteiger partial charge in [0.2, 0.25) is 5.91 Å². The van der Waals surface area contributed by atoms with Crippen molar-refractivity contribution in [1.29, 1.82) is 0 Å². The van der Waals surface area contributed by atoms with Crippen molar-refractivity contribution in [2.24, 2.45) is 0 Å². The van der Waals surface area contributed by atoms with Crippen LogP contribution in [-0.4, -0.2) is 37.1 Å². The monoisotopic (exact) mass is 442 g/mol. The van der Waals surface area contributed by atoms with Crippen LogP contribution in [0.15, 0.2) is 54.6 Å². The van der Waals surface area contributed by atoms with Crippen molar-refractivity contribution in [3.05, 3.63) is 65.7 Å². The van der Waals surface area contributed by atoms with Crippen molar-refractivity contribution < 1.29 is 18.0 Å². The number of nitrogens with one attached hydrogen (secondary N) is 2. The van der Waals surface area contributed by atoms with Gasteiger partial charge in [-0.15, -0.1) is 0 Å². The number of rotatable bonds is 6. The molecule has 2 N–H and O–H groups in total. The summed E-state index contributed by atoms with van der Waals surface area (Å²) < 4.78 is 37.9. The number of hydrogen-bond acceptors (Lipinski definition) is 4. The Kier molecular flexibility index (Phi) is 6.32. The normalized spacial score (nSPS) is 16.5. The van der Waals surface area contributed by atoms with Crippen LogP contribution < -0.4 is 15.5 Å². The second-order valence-corrected chi connectivity index (χ2v) is 8.04. The lowest BCUT2D eigenvalue weighted by Crippen LogP contribution is -2.29. The minimum absolute atomic E-state index is 0.183. The highest BCUT2D eigenvalue weighted by Gasteiger charge is 2.29. The lowest BCUT2D eigenvalue weighted by molar-refractivity contribution is -0.137. The van der Waals surface area contributed by atoms with Gasteiger partial charge in [0.1, 0.15) is 5.82 Å². The Hall–Kier alpha value is -3.13. The molecule has 2 aromatic carbocycles. The molecule has 3 aromatic rings. The summed E-state index contributed by atoms with van der Waals surface area (Å²) in [6, 6.07) is 15.0. The molecule has 1 saturated heterocycles. The Morgan fingerprint density at radius 3 is 2.59 bits per heavy atom. The summed E-state index contributed by atoms with van der Waals surface area (Å²) in [6.45, 7) is 1.90. The lowest BCUT2D eigenvalue weighted by atomic mass is 10.1. The molecule has 0 aliphatic carbocycles. The third-order valence-electron chi connectivity index (χ3n) is 5.80. The number of pyridine rings is 1. The first-order valence-corrected chi connectivity index (χ1v) is 10.6. The maximum absolute atomic E-state index is 12.6. The fourth-order valence-corrected chi connectivity index (χ4v) is 3.91. The minimum Gasteiger partial charge on any atom is -0.355 e. The van der Waals surface area contributed by atoms with Gasteiger partial charge in [0.15, 0.2) is 0 Å². The first kappa shape index (κ1) is 22.1. The fraction of sp³-hybridized carbons (Fsp3) is 0.333. The van der Waals surface area contributed by atoms with Gasteiger partial charge in [-0.25, -0.2) is 4.98 Å². The van der Waals surface area contributed by atoms with E-state index in [-0.39, 0.29) is 12.3 Å². The zero-order valence-electron chi connectivity index (χ0n) is 17.7. The Bertz CT molecular complexity index is 1100. The van der Waals surface area contributed by atoms with Gasteiger partial charge in [-0.05, 0) is 67.9 Å². The van der Waals surface area contributed by atoms with Gasteiger partial charge in [-0.2, -0.15) is 13.2 Å². The smallest absolute Gasteiger partial charge is 0.355 e. The van der Waals surface area contributed by atoms with Crippen molar-refractivity contribution in [2.75, 3.05) is 30.4 Å². The van der Waals surface area contributed by atoms with Crippen LogP contribution >= 0.6 is 0 Å². The van der Waals surface area contributed by atoms with Gasteiger partial charge in [0, 0.05) is 36.6 Å². The molecule has 0 radical (unpaired) electrons. The highest BCUT2D eigenvalue weighted by molar-refractivity contribution is 5.94. The zero-order chi connectivity index (χ0) is 22.7. The number of carbonyl (C=O) groups excluding carboxylic acids is 1. The molecule has 1 unspecified atom stereocenters. The average molecular weight is 442 g/mol. The van der Waals surface area contributed by atoms with E-state index in [9.17, 15) is 18.0 Å². The maximum atomic E-state index is 12.6. The molecule has 1 aromatic heterocycles. The van der Waals surface area contributed by atoms with E-state index in [1.165, 1.54) is 12.1 Å². The maximum Gasteiger partial charge on any atom is 0.416 e. The van der Waals surface area contributed by atoms with Gasteiger partial charge < -0.3 is 15.5 Å². The van der Waals surface area contributed by atoms with Crippen molar-refractivity contribution in [2.45, 2.75) is 31.5 Å². The summed E-state index contributed by atoms with van der Waals surface area (Å²) in [4.78, 5) is 19.3. The van der Waals surface area contributed by atoms with E-state index in [1.54, 1.807) is 0 Å². The number of nitrogens with zero attached hydrogens (tertiary/aromatic N) is 2. The number of halogens is 3. The molecule has 1 atom stereocenters. The third kappa shape index (κ3) is 5.19. The molecule has 168 valence electrons. The molecule has 0 saturated carbocycles. The van der Waals surface area contributed by atoms with Gasteiger partial charge in [0.25, 0.3) is 0 Å². The number of aromatic nitrogens is 1. The highest BCUT2D eigenvalue weighted by atomic mass is 19.4. The summed E-state index contributed by atoms with van der Waals surface area (Å²) >= 11 is 0. The standard InChI is InChI=1S/C24H25F3N4O/c1-28-20-12-13-31(15-20)22-10-5-17-14-19(8-9-21(17)30-22)29-23(32)11-4-16-2-6-18(7-3-16)24(25,26)27/h2-3,5-10,14,20,28H,4,11-13,15H2,1H3,(H,29,32). The molecule has 8 heteroatoms. The molecule has 32 heavy (non-hydrogen) atoms. The second-order valence-electron chi connectivity index (χ2n) is 8.04. The molecule has 1 aliphatic heterocycles. The molecule has 4 rings (SSSR count). The number of benzene rings is 2. The van der Waals surface area contributed by atoms with Gasteiger partial charge in [-0.1, -0.05) is 12.1 Å². The Morgan fingerprint density at radius 1 is 1.12 bits per heavy atom. The molecular weight excluding hydrogens is 417 g/mol. The SMILES string of the molecule is CNC1CCN(c2ccc3cc(NC(=O)CCc4ccc(C(F)(F)F)cc4)ccc3n2)C1. The first-order chi connectivity index (χ1) is 15.3. The molecular formula is C24H25F3N4O. The molecule has 0 bridgehead atoms. The van der Waals surface area contributed by atoms with Crippen LogP contribution in [0.1, 0.15) is 24.0 Å². The van der Waals surface area contributed by atoms with Crippen LogP contribution in [0.3, 0.4) is 0 Å². The minimum atomic E-state index is -4.36. The van der Waals surface area contributed by atoms with Crippen LogP contribution in [0, 0.1) is 0 Å². The third-order valence-corrected chi connectivity index (χ3v) is 5.80. The molecule has 1 amide bonds. The van der Waals surface area contributed by atoms with E-state index >= 15 is 0 Å². The van der Waals surface area contributed by atoms with Gasteiger partial charge in [-0.3, -0.25) is 4.79 Å². The number of likely N-dealkylation sites (N-methyl/N-ethyl adjacent to an activating group) is 1. The molecule has 1 fully saturated rings. The molecule has 5 nitrogen and oxygen atoms in total. The molecule has 0 spiro atoms. The number of aryl methyl sites for hydroxylation is 1. The van der Waals surface area contributed by atoms with Crippen LogP contribution in [0.25, 0.3) is 10.9 Å². The van der Waals surface area contributed by atoms with Crippen molar-refractivity contribution in [3.8, 4) is 0 Å². The topological polar surface area (TPSA) is 57.3 Å². The number of amides is 1. The van der Waals surface area contributed by atoms with Crippen LogP contribution in [-0.2, 0) is 17.4 Å². The summed E-state index contributed by atoms with van der Waals surface area (Å²) in [7, 11) is 1.97. The van der Waals surface area contributed by atoms with E-state index in [4.69, 9.17) is 4.98 Å². The van der Waals surface area contributed by atoms with Crippen LogP contribution in [0.5, 0.6) is 0 Å². The van der Waals surface area contributed by atoms with Gasteiger partial charge >= 0.3 is 6.18 Å². The predicted molar refractivity (Wildman–Crippen MR) is 120 cm³/mol. The van der Waals surface area contributed by atoms with Gasteiger partial charge in [0.05, 0.1) is 11.1 Å². The van der Waals surface area contributed by atoms with Crippen LogP contribution in [0.4, 0.5) is 24.7 Å². The summed E-state index contributed by atoms with van der Waals surface area (Å²) in [5.41, 5.74) is 1.52. The number of carbonyl (C=O) groups is 1. The summed E-state index contributed by atoms with van der Waals surface area (Å²) in [6.07, 6.45) is -2.72. The Balaban J connectivity index is 1.35. The number of alkyl halides is 3. The van der Waals surface area contributed by atoms with E-state index < -0.39 is 11.7 Å². The molecule has 1 aliphatic rings. The first-order valence-electron chi connectivity index (χ1n) is 10.6. The summed E-state index contributed by atoms with van der Waals surface area (Å²) in [5.74, 6) is 0.757. The van der Waals surface area contributed by atoms with Crippen molar-refractivity contribution >= 4 is 28.3 Å². The lowest BCUT2D eigenvalue weighted by Gasteiger charge is -2.18. The van der Waals surface area contributed by atoms with E-state index in [2.05, 4.69) is 15.5 Å². The van der Waals surface area contributed by atoms with E-state index in [0.29, 0.717) is 23.7 Å². The van der Waals surface area contributed by atoms with Crippen molar-refractivity contribution in [3.63, 3.8) is 0 Å². The Labute approximate surface area is 184 Å². The molecule has 2 heterocycles. The van der Waals surface area contributed by atoms with E-state index in [1.807, 2.05) is 37.4 Å². The Morgan fingerprint density at radius 2 is 1.91 bits per heavy atom. The predicted octanol–water partition coefficient (Wildman–Crippen LogP) is 4.62. The fourth-order valence-electron chi connectivity index (χ4n) is 3.91. The average Bonchev–Trinajstić information content (AvgIpc) is 3.26. The van der Waals surface area contributed by atoms with E-state index in [0.717, 1.165) is 48.4 Å². The highest BCUT2D eigenvalue weighted by Crippen LogP contribution is 2.29. The van der Waals surface area contributed by atoms with Crippen LogP contribution in [0.2, 0.25) is 0 Å². The van der Waals surface area contributed by atoms with Crippen molar-refractivity contribution in [1.82, 2.24) is 10.3 Å². The largest absolute Gasteiger partial charge is 0.416 e. The number of anilines is 2. The second kappa shape index (κ2) is 9.16. The summed E-state index contributed by atoms with van der Waals surface area (Å²) in [5, 5.41) is 7.09. The number of fused-ring (bicyclic) bond motifs is 1. The quantitative estimate of drug-likeness (QED) is 0.585. The number of hydrogen-bond donors (Lipinski definition) is 2.